The highest BCUT2D eigenvalue weighted by Crippen LogP contribution is 2.09. The lowest BCUT2D eigenvalue weighted by Gasteiger charge is -2.06. The van der Waals surface area contributed by atoms with Gasteiger partial charge in [0.05, 0.1) is 5.69 Å². The molecule has 0 aliphatic heterocycles. The van der Waals surface area contributed by atoms with Crippen LogP contribution in [0.4, 0.5) is 8.78 Å². The molecular weight excluding hydrogens is 224 g/mol. The zero-order valence-corrected chi connectivity index (χ0v) is 9.45. The Balaban J connectivity index is 1.92. The summed E-state index contributed by atoms with van der Waals surface area (Å²) in [5.41, 5.74) is 1.46. The summed E-state index contributed by atoms with van der Waals surface area (Å²) in [4.78, 5) is 0. The van der Waals surface area contributed by atoms with Gasteiger partial charge in [-0.2, -0.15) is 5.10 Å². The molecule has 0 aliphatic carbocycles. The van der Waals surface area contributed by atoms with Crippen molar-refractivity contribution in [2.75, 3.05) is 0 Å². The standard InChI is InChI=1S/C12H13F2N3/c1-17-11(4-5-16-17)8-15-7-9-2-3-10(13)6-12(9)14/h2-6,15H,7-8H2,1H3. The maximum Gasteiger partial charge on any atom is 0.130 e. The average molecular weight is 237 g/mol. The molecule has 1 aromatic heterocycles. The number of nitrogens with one attached hydrogen (secondary N) is 1. The van der Waals surface area contributed by atoms with Crippen molar-refractivity contribution in [1.82, 2.24) is 15.1 Å². The van der Waals surface area contributed by atoms with E-state index in [4.69, 9.17) is 0 Å². The Labute approximate surface area is 98.1 Å². The normalized spacial score (nSPS) is 10.8. The Morgan fingerprint density at radius 3 is 2.71 bits per heavy atom. The SMILES string of the molecule is Cn1nccc1CNCc1ccc(F)cc1F. The van der Waals surface area contributed by atoms with Crippen LogP contribution in [0.15, 0.2) is 30.5 Å². The summed E-state index contributed by atoms with van der Waals surface area (Å²) in [5.74, 6) is -1.08. The molecule has 0 amide bonds. The van der Waals surface area contributed by atoms with Gasteiger partial charge in [-0.05, 0) is 12.1 Å². The minimum atomic E-state index is -0.558. The van der Waals surface area contributed by atoms with E-state index in [2.05, 4.69) is 10.4 Å². The Hall–Kier alpha value is -1.75. The van der Waals surface area contributed by atoms with E-state index >= 15 is 0 Å². The van der Waals surface area contributed by atoms with Gasteiger partial charge in [0.15, 0.2) is 0 Å². The highest BCUT2D eigenvalue weighted by Gasteiger charge is 2.04. The molecule has 0 radical (unpaired) electrons. The largest absolute Gasteiger partial charge is 0.307 e. The van der Waals surface area contributed by atoms with E-state index in [1.165, 1.54) is 12.1 Å². The third-order valence-corrected chi connectivity index (χ3v) is 2.56. The molecule has 1 N–H and O–H groups in total. The van der Waals surface area contributed by atoms with E-state index in [1.54, 1.807) is 10.9 Å². The minimum Gasteiger partial charge on any atom is -0.307 e. The number of halogens is 2. The second-order valence-electron chi connectivity index (χ2n) is 3.79. The molecule has 90 valence electrons. The summed E-state index contributed by atoms with van der Waals surface area (Å²) in [6.45, 7) is 0.949. The highest BCUT2D eigenvalue weighted by molar-refractivity contribution is 5.18. The van der Waals surface area contributed by atoms with E-state index in [-0.39, 0.29) is 0 Å². The summed E-state index contributed by atoms with van der Waals surface area (Å²) < 4.78 is 27.7. The van der Waals surface area contributed by atoms with Gasteiger partial charge in [-0.3, -0.25) is 4.68 Å². The second-order valence-corrected chi connectivity index (χ2v) is 3.79. The van der Waals surface area contributed by atoms with Crippen molar-refractivity contribution in [3.8, 4) is 0 Å². The predicted octanol–water partition coefficient (Wildman–Crippen LogP) is 1.99. The van der Waals surface area contributed by atoms with E-state index in [0.717, 1.165) is 11.8 Å². The Bertz CT molecular complexity index is 508. The van der Waals surface area contributed by atoms with Crippen LogP contribution >= 0.6 is 0 Å². The van der Waals surface area contributed by atoms with Gasteiger partial charge in [-0.15, -0.1) is 0 Å². The van der Waals surface area contributed by atoms with Crippen LogP contribution in [0.5, 0.6) is 0 Å². The second kappa shape index (κ2) is 5.05. The first kappa shape index (κ1) is 11.7. The van der Waals surface area contributed by atoms with Crippen LogP contribution in [-0.4, -0.2) is 9.78 Å². The molecule has 0 saturated heterocycles. The van der Waals surface area contributed by atoms with Crippen LogP contribution in [0.1, 0.15) is 11.3 Å². The highest BCUT2D eigenvalue weighted by atomic mass is 19.1. The summed E-state index contributed by atoms with van der Waals surface area (Å²) >= 11 is 0. The molecule has 2 rings (SSSR count). The topological polar surface area (TPSA) is 29.9 Å². The molecule has 1 aromatic carbocycles. The Morgan fingerprint density at radius 2 is 2.06 bits per heavy atom. The summed E-state index contributed by atoms with van der Waals surface area (Å²) in [6.07, 6.45) is 1.70. The van der Waals surface area contributed by atoms with Crippen LogP contribution in [0.25, 0.3) is 0 Å². The molecule has 0 atom stereocenters. The number of hydrogen-bond acceptors (Lipinski definition) is 2. The first-order chi connectivity index (χ1) is 8.16. The third kappa shape index (κ3) is 2.88. The number of benzene rings is 1. The maximum absolute atomic E-state index is 13.3. The smallest absolute Gasteiger partial charge is 0.130 e. The lowest BCUT2D eigenvalue weighted by atomic mass is 10.2. The molecule has 0 saturated carbocycles. The van der Waals surface area contributed by atoms with Crippen molar-refractivity contribution in [2.45, 2.75) is 13.1 Å². The van der Waals surface area contributed by atoms with Gasteiger partial charge < -0.3 is 5.32 Å². The molecule has 0 spiro atoms. The van der Waals surface area contributed by atoms with Crippen LogP contribution in [0.3, 0.4) is 0 Å². The van der Waals surface area contributed by atoms with Crippen molar-refractivity contribution in [3.05, 3.63) is 53.4 Å². The van der Waals surface area contributed by atoms with Crippen molar-refractivity contribution >= 4 is 0 Å². The number of aryl methyl sites for hydroxylation is 1. The lowest BCUT2D eigenvalue weighted by molar-refractivity contribution is 0.555. The fourth-order valence-corrected chi connectivity index (χ4v) is 1.57. The quantitative estimate of drug-likeness (QED) is 0.881. The van der Waals surface area contributed by atoms with E-state index < -0.39 is 11.6 Å². The summed E-state index contributed by atoms with van der Waals surface area (Å²) in [5, 5.41) is 7.11. The molecule has 0 bridgehead atoms. The average Bonchev–Trinajstić information content (AvgIpc) is 2.68. The third-order valence-electron chi connectivity index (χ3n) is 2.56. The van der Waals surface area contributed by atoms with Gasteiger partial charge >= 0.3 is 0 Å². The molecule has 3 nitrogen and oxygen atoms in total. The van der Waals surface area contributed by atoms with Gasteiger partial charge in [0, 0.05) is 38.0 Å². The van der Waals surface area contributed by atoms with Crippen LogP contribution in [-0.2, 0) is 20.1 Å². The monoisotopic (exact) mass is 237 g/mol. The maximum atomic E-state index is 13.3. The van der Waals surface area contributed by atoms with Gasteiger partial charge in [0.2, 0.25) is 0 Å². The minimum absolute atomic E-state index is 0.358. The molecule has 5 heteroatoms. The van der Waals surface area contributed by atoms with Gasteiger partial charge in [-0.25, -0.2) is 8.78 Å². The zero-order chi connectivity index (χ0) is 12.3. The Morgan fingerprint density at radius 1 is 1.24 bits per heavy atom. The van der Waals surface area contributed by atoms with Crippen molar-refractivity contribution < 1.29 is 8.78 Å². The van der Waals surface area contributed by atoms with Crippen molar-refractivity contribution in [2.24, 2.45) is 7.05 Å². The number of aromatic nitrogens is 2. The van der Waals surface area contributed by atoms with Crippen LogP contribution < -0.4 is 5.32 Å². The fourth-order valence-electron chi connectivity index (χ4n) is 1.57. The van der Waals surface area contributed by atoms with Crippen LogP contribution in [0.2, 0.25) is 0 Å². The fraction of sp³-hybridized carbons (Fsp3) is 0.250. The first-order valence-electron chi connectivity index (χ1n) is 5.28. The van der Waals surface area contributed by atoms with Crippen molar-refractivity contribution in [1.29, 1.82) is 0 Å². The molecule has 0 aliphatic rings. The molecule has 17 heavy (non-hydrogen) atoms. The van der Waals surface area contributed by atoms with Gasteiger partial charge in [0.1, 0.15) is 11.6 Å². The summed E-state index contributed by atoms with van der Waals surface area (Å²) in [7, 11) is 1.84. The Kier molecular flexibility index (Phi) is 3.49. The van der Waals surface area contributed by atoms with E-state index in [1.807, 2.05) is 13.1 Å². The molecule has 0 fully saturated rings. The molecule has 0 unspecified atom stereocenters. The first-order valence-corrected chi connectivity index (χ1v) is 5.28. The predicted molar refractivity (Wildman–Crippen MR) is 60.1 cm³/mol. The van der Waals surface area contributed by atoms with E-state index in [0.29, 0.717) is 18.7 Å². The number of hydrogen-bond donors (Lipinski definition) is 1. The number of nitrogens with zero attached hydrogens (tertiary/aromatic N) is 2. The number of rotatable bonds is 4. The lowest BCUT2D eigenvalue weighted by Crippen LogP contribution is -2.16. The zero-order valence-electron chi connectivity index (χ0n) is 9.45. The molecule has 2 aromatic rings. The molecule has 1 heterocycles. The van der Waals surface area contributed by atoms with Crippen molar-refractivity contribution in [3.63, 3.8) is 0 Å². The molecular formula is C12H13F2N3. The van der Waals surface area contributed by atoms with Gasteiger partial charge in [0.25, 0.3) is 0 Å². The van der Waals surface area contributed by atoms with Gasteiger partial charge in [-0.1, -0.05) is 6.07 Å². The van der Waals surface area contributed by atoms with Crippen LogP contribution in [0, 0.1) is 11.6 Å². The van der Waals surface area contributed by atoms with E-state index in [9.17, 15) is 8.78 Å². The summed E-state index contributed by atoms with van der Waals surface area (Å²) in [6, 6.07) is 5.47.